The Morgan fingerprint density at radius 3 is 2.54 bits per heavy atom. The predicted molar refractivity (Wildman–Crippen MR) is 103 cm³/mol. The van der Waals surface area contributed by atoms with Gasteiger partial charge in [0.15, 0.2) is 0 Å². The number of nitrogens with zero attached hydrogens (tertiary/aromatic N) is 3. The third-order valence-corrected chi connectivity index (χ3v) is 9.67. The molecule has 0 amide bonds. The van der Waals surface area contributed by atoms with Crippen molar-refractivity contribution in [3.05, 3.63) is 17.5 Å². The molecule has 0 aromatic carbocycles. The number of likely N-dealkylation sites (tertiary alicyclic amines) is 1. The van der Waals surface area contributed by atoms with Crippen molar-refractivity contribution in [2.45, 2.75) is 35.9 Å². The quantitative estimate of drug-likeness (QED) is 0.631. The number of thiophene rings is 1. The summed E-state index contributed by atoms with van der Waals surface area (Å²) in [5.41, 5.74) is 0. The summed E-state index contributed by atoms with van der Waals surface area (Å²) in [6.45, 7) is 4.13. The Morgan fingerprint density at radius 2 is 1.92 bits per heavy atom. The van der Waals surface area contributed by atoms with E-state index in [4.69, 9.17) is 0 Å². The van der Waals surface area contributed by atoms with Gasteiger partial charge in [-0.1, -0.05) is 6.07 Å². The molecule has 1 aromatic rings. The average molecular weight is 422 g/mol. The van der Waals surface area contributed by atoms with E-state index in [0.717, 1.165) is 26.1 Å². The molecule has 7 nitrogen and oxygen atoms in total. The van der Waals surface area contributed by atoms with Gasteiger partial charge in [-0.2, -0.15) is 8.61 Å². The Hall–Kier alpha value is -0.520. The highest BCUT2D eigenvalue weighted by molar-refractivity contribution is 7.91. The van der Waals surface area contributed by atoms with Gasteiger partial charge in [0.2, 0.25) is 10.0 Å². The molecule has 3 rings (SSSR count). The molecule has 10 heteroatoms. The fraction of sp³-hybridized carbons (Fsp3) is 0.750. The van der Waals surface area contributed by atoms with Crippen molar-refractivity contribution >= 4 is 31.4 Å². The highest BCUT2D eigenvalue weighted by Crippen LogP contribution is 2.27. The second kappa shape index (κ2) is 8.24. The lowest BCUT2D eigenvalue weighted by Gasteiger charge is -2.27. The summed E-state index contributed by atoms with van der Waals surface area (Å²) in [6, 6.07) is 3.03. The molecular formula is C16H27N3O4S3. The molecule has 148 valence electrons. The van der Waals surface area contributed by atoms with Gasteiger partial charge in [0, 0.05) is 25.7 Å². The predicted octanol–water partition coefficient (Wildman–Crippen LogP) is 1.26. The first-order valence-corrected chi connectivity index (χ1v) is 13.2. The minimum atomic E-state index is -3.52. The number of sulfonamides is 2. The molecule has 0 N–H and O–H groups in total. The van der Waals surface area contributed by atoms with Crippen LogP contribution >= 0.6 is 11.3 Å². The molecule has 0 radical (unpaired) electrons. The van der Waals surface area contributed by atoms with E-state index in [1.165, 1.54) is 39.0 Å². The fourth-order valence-electron chi connectivity index (χ4n) is 3.78. The molecule has 3 heterocycles. The van der Waals surface area contributed by atoms with Gasteiger partial charge in [0.1, 0.15) is 4.21 Å². The standard InChI is InChI=1S/C16H27N3O4S3/c1-25(20,21)19(11-5-10-17-8-2-3-9-17)15-7-12-18(14-15)26(22,23)16-6-4-13-24-16/h4,6,13,15H,2-3,5,7-12,14H2,1H3. The Kier molecular flexibility index (Phi) is 6.41. The lowest BCUT2D eigenvalue weighted by molar-refractivity contribution is 0.282. The van der Waals surface area contributed by atoms with Gasteiger partial charge in [-0.3, -0.25) is 0 Å². The summed E-state index contributed by atoms with van der Waals surface area (Å²) >= 11 is 1.19. The first kappa shape index (κ1) is 20.2. The molecule has 0 aliphatic carbocycles. The SMILES string of the molecule is CS(=O)(=O)N(CCCN1CCCC1)C1CCN(S(=O)(=O)c2cccs2)C1. The zero-order valence-corrected chi connectivity index (χ0v) is 17.5. The highest BCUT2D eigenvalue weighted by Gasteiger charge is 2.38. The molecule has 26 heavy (non-hydrogen) atoms. The first-order valence-electron chi connectivity index (χ1n) is 9.01. The minimum absolute atomic E-state index is 0.233. The molecule has 1 aromatic heterocycles. The monoisotopic (exact) mass is 421 g/mol. The smallest absolute Gasteiger partial charge is 0.252 e. The van der Waals surface area contributed by atoms with Gasteiger partial charge < -0.3 is 4.90 Å². The largest absolute Gasteiger partial charge is 0.303 e. The summed E-state index contributed by atoms with van der Waals surface area (Å²) in [6.07, 6.45) is 4.98. The zero-order valence-electron chi connectivity index (χ0n) is 15.1. The van der Waals surface area contributed by atoms with Crippen molar-refractivity contribution in [2.24, 2.45) is 0 Å². The summed E-state index contributed by atoms with van der Waals surface area (Å²) < 4.78 is 53.1. The maximum Gasteiger partial charge on any atom is 0.252 e. The molecule has 1 unspecified atom stereocenters. The van der Waals surface area contributed by atoms with Crippen LogP contribution < -0.4 is 0 Å². The Balaban J connectivity index is 1.63. The summed E-state index contributed by atoms with van der Waals surface area (Å²) in [4.78, 5) is 2.36. The Labute approximate surface area is 160 Å². The Bertz CT molecular complexity index is 787. The lowest BCUT2D eigenvalue weighted by atomic mass is 10.2. The van der Waals surface area contributed by atoms with Gasteiger partial charge in [-0.25, -0.2) is 16.8 Å². The van der Waals surface area contributed by atoms with Crippen LogP contribution in [0.4, 0.5) is 0 Å². The third kappa shape index (κ3) is 4.66. The second-order valence-corrected chi connectivity index (χ2v) is 12.1. The van der Waals surface area contributed by atoms with Crippen LogP contribution in [0.15, 0.2) is 21.7 Å². The average Bonchev–Trinajstić information content (AvgIpc) is 3.32. The maximum atomic E-state index is 12.7. The van der Waals surface area contributed by atoms with Crippen molar-refractivity contribution < 1.29 is 16.8 Å². The molecule has 0 saturated carbocycles. The van der Waals surface area contributed by atoms with Crippen LogP contribution in [0, 0.1) is 0 Å². The van der Waals surface area contributed by atoms with Gasteiger partial charge >= 0.3 is 0 Å². The third-order valence-electron chi connectivity index (χ3n) is 5.10. The fourth-order valence-corrected chi connectivity index (χ4v) is 7.59. The minimum Gasteiger partial charge on any atom is -0.303 e. The van der Waals surface area contributed by atoms with Crippen molar-refractivity contribution in [1.29, 1.82) is 0 Å². The van der Waals surface area contributed by atoms with Crippen molar-refractivity contribution in [2.75, 3.05) is 45.5 Å². The molecule has 2 fully saturated rings. The second-order valence-electron chi connectivity index (χ2n) is 7.01. The summed E-state index contributed by atoms with van der Waals surface area (Å²) in [5, 5.41) is 1.74. The normalized spacial score (nSPS) is 23.2. The van der Waals surface area contributed by atoms with Crippen LogP contribution in [-0.2, 0) is 20.0 Å². The molecule has 2 aliphatic rings. The maximum absolute atomic E-state index is 12.7. The molecule has 0 spiro atoms. The van der Waals surface area contributed by atoms with E-state index in [1.54, 1.807) is 17.5 Å². The summed E-state index contributed by atoms with van der Waals surface area (Å²) in [7, 11) is -6.89. The van der Waals surface area contributed by atoms with Crippen molar-refractivity contribution in [3.8, 4) is 0 Å². The van der Waals surface area contributed by atoms with Crippen LogP contribution in [0.3, 0.4) is 0 Å². The van der Waals surface area contributed by atoms with Crippen LogP contribution in [0.5, 0.6) is 0 Å². The number of rotatable bonds is 8. The molecule has 2 saturated heterocycles. The van der Waals surface area contributed by atoms with Crippen molar-refractivity contribution in [3.63, 3.8) is 0 Å². The van der Waals surface area contributed by atoms with Gasteiger partial charge in [-0.05, 0) is 56.8 Å². The van der Waals surface area contributed by atoms with E-state index in [-0.39, 0.29) is 12.6 Å². The van der Waals surface area contributed by atoms with Crippen molar-refractivity contribution in [1.82, 2.24) is 13.5 Å². The van der Waals surface area contributed by atoms with E-state index in [9.17, 15) is 16.8 Å². The van der Waals surface area contributed by atoms with E-state index in [0.29, 0.717) is 23.7 Å². The van der Waals surface area contributed by atoms with Crippen LogP contribution in [0.1, 0.15) is 25.7 Å². The Morgan fingerprint density at radius 1 is 1.19 bits per heavy atom. The van der Waals surface area contributed by atoms with E-state index in [2.05, 4.69) is 4.90 Å². The lowest BCUT2D eigenvalue weighted by Crippen LogP contribution is -2.43. The van der Waals surface area contributed by atoms with Gasteiger partial charge in [0.25, 0.3) is 10.0 Å². The first-order chi connectivity index (χ1) is 12.3. The number of hydrogen-bond acceptors (Lipinski definition) is 6. The summed E-state index contributed by atoms with van der Waals surface area (Å²) in [5.74, 6) is 0. The van der Waals surface area contributed by atoms with Crippen LogP contribution in [-0.4, -0.2) is 81.9 Å². The molecule has 1 atom stereocenters. The van der Waals surface area contributed by atoms with E-state index >= 15 is 0 Å². The molecule has 2 aliphatic heterocycles. The van der Waals surface area contributed by atoms with Crippen LogP contribution in [0.2, 0.25) is 0 Å². The molecule has 0 bridgehead atoms. The van der Waals surface area contributed by atoms with Crippen LogP contribution in [0.25, 0.3) is 0 Å². The number of hydrogen-bond donors (Lipinski definition) is 0. The molecular weight excluding hydrogens is 394 g/mol. The van der Waals surface area contributed by atoms with E-state index in [1.807, 2.05) is 0 Å². The van der Waals surface area contributed by atoms with Gasteiger partial charge in [-0.15, -0.1) is 11.3 Å². The highest BCUT2D eigenvalue weighted by atomic mass is 32.2. The van der Waals surface area contributed by atoms with E-state index < -0.39 is 20.0 Å². The zero-order chi connectivity index (χ0) is 18.8. The topological polar surface area (TPSA) is 78.0 Å². The van der Waals surface area contributed by atoms with Gasteiger partial charge in [0.05, 0.1) is 6.26 Å².